The minimum absolute atomic E-state index is 0.0940. The van der Waals surface area contributed by atoms with Crippen molar-refractivity contribution in [1.82, 2.24) is 5.32 Å². The molecule has 2 atom stereocenters. The summed E-state index contributed by atoms with van der Waals surface area (Å²) in [4.78, 5) is 0. The summed E-state index contributed by atoms with van der Waals surface area (Å²) in [7, 11) is 0. The van der Waals surface area contributed by atoms with Gasteiger partial charge in [-0.1, -0.05) is 6.07 Å². The molecule has 1 aromatic carbocycles. The van der Waals surface area contributed by atoms with Gasteiger partial charge in [0.2, 0.25) is 0 Å². The Kier molecular flexibility index (Phi) is 3.61. The van der Waals surface area contributed by atoms with Crippen LogP contribution < -0.4 is 5.32 Å². The average Bonchev–Trinajstić information content (AvgIpc) is 2.26. The number of hydrogen-bond acceptors (Lipinski definition) is 1. The molecule has 0 amide bonds. The minimum atomic E-state index is -4.25. The monoisotopic (exact) mass is 261 g/mol. The maximum Gasteiger partial charge on any atom is 0.393 e. The molecular formula is C13H15F4N. The lowest BCUT2D eigenvalue weighted by Gasteiger charge is -2.34. The third-order valence-corrected chi connectivity index (χ3v) is 3.30. The van der Waals surface area contributed by atoms with Crippen LogP contribution in [-0.2, 0) is 0 Å². The van der Waals surface area contributed by atoms with Crippen LogP contribution in [0.4, 0.5) is 17.6 Å². The number of alkyl halides is 3. The third kappa shape index (κ3) is 2.83. The normalized spacial score (nSPS) is 25.2. The smallest absolute Gasteiger partial charge is 0.309 e. The van der Waals surface area contributed by atoms with E-state index in [2.05, 4.69) is 5.32 Å². The molecule has 1 saturated heterocycles. The summed E-state index contributed by atoms with van der Waals surface area (Å²) < 4.78 is 52.1. The van der Waals surface area contributed by atoms with E-state index in [1.165, 1.54) is 12.1 Å². The molecule has 5 heteroatoms. The highest BCUT2D eigenvalue weighted by molar-refractivity contribution is 5.27. The van der Waals surface area contributed by atoms with Crippen molar-refractivity contribution >= 4 is 0 Å². The van der Waals surface area contributed by atoms with Gasteiger partial charge in [0.25, 0.3) is 0 Å². The maximum absolute atomic E-state index is 13.3. The summed E-state index contributed by atoms with van der Waals surface area (Å²) in [5.41, 5.74) is 1.02. The summed E-state index contributed by atoms with van der Waals surface area (Å²) in [6, 6.07) is 3.28. The molecule has 0 aliphatic carbocycles. The zero-order chi connectivity index (χ0) is 13.3. The summed E-state index contributed by atoms with van der Waals surface area (Å²) in [6.45, 7) is 2.21. The molecule has 1 aromatic rings. The van der Waals surface area contributed by atoms with Crippen LogP contribution in [0, 0.1) is 18.7 Å². The Labute approximate surface area is 103 Å². The van der Waals surface area contributed by atoms with E-state index in [0.717, 1.165) is 0 Å². The van der Waals surface area contributed by atoms with Crippen LogP contribution in [0.15, 0.2) is 18.2 Å². The van der Waals surface area contributed by atoms with E-state index in [-0.39, 0.29) is 6.42 Å². The molecule has 100 valence electrons. The first-order valence-electron chi connectivity index (χ1n) is 5.95. The number of piperidine rings is 1. The van der Waals surface area contributed by atoms with E-state index in [0.29, 0.717) is 24.1 Å². The zero-order valence-electron chi connectivity index (χ0n) is 10.0. The summed E-state index contributed by atoms with van der Waals surface area (Å²) >= 11 is 0. The van der Waals surface area contributed by atoms with Crippen LogP contribution in [0.25, 0.3) is 0 Å². The highest BCUT2D eigenvalue weighted by Gasteiger charge is 2.46. The van der Waals surface area contributed by atoms with Crippen molar-refractivity contribution in [3.63, 3.8) is 0 Å². The van der Waals surface area contributed by atoms with E-state index in [4.69, 9.17) is 0 Å². The van der Waals surface area contributed by atoms with Crippen LogP contribution in [0.1, 0.15) is 30.0 Å². The highest BCUT2D eigenvalue weighted by atomic mass is 19.4. The Bertz CT molecular complexity index is 407. The predicted molar refractivity (Wildman–Crippen MR) is 60.7 cm³/mol. The number of rotatable bonds is 1. The Morgan fingerprint density at radius 1 is 1.22 bits per heavy atom. The molecule has 1 aliphatic rings. The fraction of sp³-hybridized carbons (Fsp3) is 0.538. The van der Waals surface area contributed by atoms with Crippen LogP contribution in [0.2, 0.25) is 0 Å². The number of nitrogens with one attached hydrogen (secondary N) is 1. The van der Waals surface area contributed by atoms with E-state index < -0.39 is 24.0 Å². The first-order chi connectivity index (χ1) is 8.38. The van der Waals surface area contributed by atoms with E-state index in [1.807, 2.05) is 0 Å². The molecule has 0 radical (unpaired) electrons. The summed E-state index contributed by atoms with van der Waals surface area (Å²) in [5, 5.41) is 2.86. The quantitative estimate of drug-likeness (QED) is 0.759. The standard InChI is InChI=1S/C13H15F4N/c1-8-5-9(7-10(14)6-8)12-11(13(15,16)17)3-2-4-18-12/h5-7,11-12,18H,2-4H2,1H3. The van der Waals surface area contributed by atoms with Gasteiger partial charge < -0.3 is 5.32 Å². The van der Waals surface area contributed by atoms with Crippen LogP contribution in [0.3, 0.4) is 0 Å². The SMILES string of the molecule is Cc1cc(F)cc(C2NCCCC2C(F)(F)F)c1. The maximum atomic E-state index is 13.3. The molecule has 0 bridgehead atoms. The van der Waals surface area contributed by atoms with Gasteiger partial charge in [-0.15, -0.1) is 0 Å². The lowest BCUT2D eigenvalue weighted by molar-refractivity contribution is -0.189. The van der Waals surface area contributed by atoms with Gasteiger partial charge in [-0.2, -0.15) is 13.2 Å². The van der Waals surface area contributed by atoms with Crippen LogP contribution in [-0.4, -0.2) is 12.7 Å². The van der Waals surface area contributed by atoms with Gasteiger partial charge in [-0.05, 0) is 49.6 Å². The summed E-state index contributed by atoms with van der Waals surface area (Å²) in [6.07, 6.45) is -3.66. The molecular weight excluding hydrogens is 246 g/mol. The molecule has 1 aliphatic heterocycles. The molecule has 2 rings (SSSR count). The van der Waals surface area contributed by atoms with Crippen molar-refractivity contribution in [2.24, 2.45) is 5.92 Å². The zero-order valence-corrected chi connectivity index (χ0v) is 10.0. The molecule has 2 unspecified atom stereocenters. The molecule has 1 fully saturated rings. The fourth-order valence-electron chi connectivity index (χ4n) is 2.54. The van der Waals surface area contributed by atoms with Crippen LogP contribution >= 0.6 is 0 Å². The fourth-order valence-corrected chi connectivity index (χ4v) is 2.54. The molecule has 0 aromatic heterocycles. The van der Waals surface area contributed by atoms with Gasteiger partial charge in [0.15, 0.2) is 0 Å². The second kappa shape index (κ2) is 4.88. The topological polar surface area (TPSA) is 12.0 Å². The van der Waals surface area contributed by atoms with Gasteiger partial charge in [-0.3, -0.25) is 0 Å². The Morgan fingerprint density at radius 2 is 1.94 bits per heavy atom. The Balaban J connectivity index is 2.33. The van der Waals surface area contributed by atoms with Gasteiger partial charge in [0.1, 0.15) is 5.82 Å². The second-order valence-corrected chi connectivity index (χ2v) is 4.78. The van der Waals surface area contributed by atoms with Crippen LogP contribution in [0.5, 0.6) is 0 Å². The molecule has 0 saturated carbocycles. The van der Waals surface area contributed by atoms with Gasteiger partial charge in [-0.25, -0.2) is 4.39 Å². The van der Waals surface area contributed by atoms with Gasteiger partial charge in [0, 0.05) is 6.04 Å². The van der Waals surface area contributed by atoms with Gasteiger partial charge >= 0.3 is 6.18 Å². The van der Waals surface area contributed by atoms with Gasteiger partial charge in [0.05, 0.1) is 5.92 Å². The van der Waals surface area contributed by atoms with Crippen molar-refractivity contribution in [2.45, 2.75) is 32.0 Å². The largest absolute Gasteiger partial charge is 0.393 e. The molecule has 0 spiro atoms. The summed E-state index contributed by atoms with van der Waals surface area (Å²) in [5.74, 6) is -1.93. The van der Waals surface area contributed by atoms with E-state index in [9.17, 15) is 17.6 Å². The second-order valence-electron chi connectivity index (χ2n) is 4.78. The minimum Gasteiger partial charge on any atom is -0.309 e. The highest BCUT2D eigenvalue weighted by Crippen LogP contribution is 2.41. The first kappa shape index (κ1) is 13.3. The lowest BCUT2D eigenvalue weighted by atomic mass is 9.85. The Morgan fingerprint density at radius 3 is 2.56 bits per heavy atom. The number of aryl methyl sites for hydroxylation is 1. The molecule has 1 nitrogen and oxygen atoms in total. The van der Waals surface area contributed by atoms with E-state index >= 15 is 0 Å². The lowest BCUT2D eigenvalue weighted by Crippen LogP contribution is -2.41. The van der Waals surface area contributed by atoms with Crippen molar-refractivity contribution in [1.29, 1.82) is 0 Å². The van der Waals surface area contributed by atoms with Crippen molar-refractivity contribution in [3.8, 4) is 0 Å². The number of benzene rings is 1. The number of hydrogen-bond donors (Lipinski definition) is 1. The first-order valence-corrected chi connectivity index (χ1v) is 5.95. The average molecular weight is 261 g/mol. The third-order valence-electron chi connectivity index (χ3n) is 3.30. The molecule has 1 heterocycles. The van der Waals surface area contributed by atoms with E-state index in [1.54, 1.807) is 13.0 Å². The molecule has 18 heavy (non-hydrogen) atoms. The van der Waals surface area contributed by atoms with Crippen molar-refractivity contribution < 1.29 is 17.6 Å². The van der Waals surface area contributed by atoms with Crippen molar-refractivity contribution in [3.05, 3.63) is 35.1 Å². The number of halogens is 4. The Hall–Kier alpha value is -1.10. The molecule has 1 N–H and O–H groups in total. The van der Waals surface area contributed by atoms with Crippen molar-refractivity contribution in [2.75, 3.05) is 6.54 Å². The predicted octanol–water partition coefficient (Wildman–Crippen LogP) is 3.74.